The Labute approximate surface area is 121 Å². The number of carbonyl (C=O) groups excluding carboxylic acids is 1. The van der Waals surface area contributed by atoms with E-state index in [-0.39, 0.29) is 18.0 Å². The molecule has 108 valence electrons. The predicted molar refractivity (Wildman–Crippen MR) is 74.4 cm³/mol. The van der Waals surface area contributed by atoms with Crippen molar-refractivity contribution in [1.82, 2.24) is 0 Å². The lowest BCUT2D eigenvalue weighted by Gasteiger charge is -2.16. The molecule has 3 rings (SSSR count). The Morgan fingerprint density at radius 2 is 1.95 bits per heavy atom. The second-order valence-electron chi connectivity index (χ2n) is 5.10. The molecule has 2 nitrogen and oxygen atoms in total. The van der Waals surface area contributed by atoms with Crippen LogP contribution in [0.3, 0.4) is 0 Å². The second-order valence-corrected chi connectivity index (χ2v) is 5.10. The van der Waals surface area contributed by atoms with Gasteiger partial charge in [0.05, 0.1) is 0 Å². The second kappa shape index (κ2) is 5.64. The van der Waals surface area contributed by atoms with Crippen molar-refractivity contribution < 1.29 is 18.3 Å². The van der Waals surface area contributed by atoms with Crippen molar-refractivity contribution in [2.45, 2.75) is 25.9 Å². The molecule has 0 N–H and O–H groups in total. The molecule has 0 bridgehead atoms. The zero-order valence-electron chi connectivity index (χ0n) is 11.4. The third-order valence-corrected chi connectivity index (χ3v) is 3.65. The van der Waals surface area contributed by atoms with Crippen LogP contribution in [0.2, 0.25) is 0 Å². The molecule has 1 aliphatic rings. The summed E-state index contributed by atoms with van der Waals surface area (Å²) in [7, 11) is 0. The van der Waals surface area contributed by atoms with Gasteiger partial charge in [0, 0.05) is 17.5 Å². The van der Waals surface area contributed by atoms with Gasteiger partial charge in [-0.2, -0.15) is 0 Å². The molecule has 0 spiro atoms. The Morgan fingerprint density at radius 3 is 2.81 bits per heavy atom. The van der Waals surface area contributed by atoms with Crippen LogP contribution in [0, 0.1) is 11.6 Å². The molecule has 0 aliphatic heterocycles. The number of benzene rings is 2. The van der Waals surface area contributed by atoms with Crippen molar-refractivity contribution in [1.29, 1.82) is 0 Å². The van der Waals surface area contributed by atoms with Crippen molar-refractivity contribution in [2.75, 3.05) is 0 Å². The quantitative estimate of drug-likeness (QED) is 0.851. The van der Waals surface area contributed by atoms with E-state index in [2.05, 4.69) is 0 Å². The molecule has 21 heavy (non-hydrogen) atoms. The van der Waals surface area contributed by atoms with Crippen LogP contribution in [0.5, 0.6) is 5.75 Å². The van der Waals surface area contributed by atoms with Gasteiger partial charge in [-0.05, 0) is 42.7 Å². The van der Waals surface area contributed by atoms with Crippen molar-refractivity contribution in [3.05, 3.63) is 64.7 Å². The van der Waals surface area contributed by atoms with Crippen LogP contribution < -0.4 is 4.74 Å². The Bertz CT molecular complexity index is 695. The summed E-state index contributed by atoms with van der Waals surface area (Å²) >= 11 is 0. The van der Waals surface area contributed by atoms with Crippen LogP contribution in [0.1, 0.15) is 34.3 Å². The van der Waals surface area contributed by atoms with Gasteiger partial charge in [0.1, 0.15) is 12.4 Å². The standard InChI is InChI=1S/C17H14F2O2/c18-15-5-1-4-12(17(15)19)10-21-13-7-8-14-11(9-13)3-2-6-16(14)20/h1,4-5,7-9H,2-3,6,10H2. The van der Waals surface area contributed by atoms with E-state index in [1.54, 1.807) is 12.1 Å². The molecule has 0 fully saturated rings. The van der Waals surface area contributed by atoms with Gasteiger partial charge in [0.25, 0.3) is 0 Å². The fourth-order valence-electron chi connectivity index (χ4n) is 2.53. The number of hydrogen-bond donors (Lipinski definition) is 0. The van der Waals surface area contributed by atoms with Gasteiger partial charge in [-0.15, -0.1) is 0 Å². The smallest absolute Gasteiger partial charge is 0.165 e. The molecular weight excluding hydrogens is 274 g/mol. The van der Waals surface area contributed by atoms with E-state index in [1.165, 1.54) is 12.1 Å². The van der Waals surface area contributed by atoms with E-state index in [0.717, 1.165) is 30.0 Å². The summed E-state index contributed by atoms with van der Waals surface area (Å²) in [6.07, 6.45) is 2.27. The van der Waals surface area contributed by atoms with Gasteiger partial charge in [0.2, 0.25) is 0 Å². The normalized spacial score (nSPS) is 13.9. The third kappa shape index (κ3) is 2.79. The first-order valence-corrected chi connectivity index (χ1v) is 6.87. The third-order valence-electron chi connectivity index (χ3n) is 3.65. The monoisotopic (exact) mass is 288 g/mol. The molecule has 0 radical (unpaired) electrons. The molecule has 0 amide bonds. The fraction of sp³-hybridized carbons (Fsp3) is 0.235. The maximum atomic E-state index is 13.5. The molecule has 0 heterocycles. The van der Waals surface area contributed by atoms with Crippen LogP contribution in [-0.4, -0.2) is 5.78 Å². The van der Waals surface area contributed by atoms with E-state index < -0.39 is 11.6 Å². The van der Waals surface area contributed by atoms with Crippen LogP contribution in [-0.2, 0) is 13.0 Å². The highest BCUT2D eigenvalue weighted by molar-refractivity contribution is 5.98. The van der Waals surface area contributed by atoms with Gasteiger partial charge in [0.15, 0.2) is 17.4 Å². The first kappa shape index (κ1) is 13.7. The van der Waals surface area contributed by atoms with Gasteiger partial charge in [-0.1, -0.05) is 12.1 Å². The maximum absolute atomic E-state index is 13.5. The molecule has 0 aromatic heterocycles. The number of fused-ring (bicyclic) bond motifs is 1. The minimum Gasteiger partial charge on any atom is -0.489 e. The van der Waals surface area contributed by atoms with Crippen LogP contribution in [0.25, 0.3) is 0 Å². The van der Waals surface area contributed by atoms with E-state index in [4.69, 9.17) is 4.74 Å². The van der Waals surface area contributed by atoms with Crippen molar-refractivity contribution in [3.8, 4) is 5.75 Å². The molecule has 0 unspecified atom stereocenters. The van der Waals surface area contributed by atoms with E-state index >= 15 is 0 Å². The summed E-state index contributed by atoms with van der Waals surface area (Å²) in [6, 6.07) is 9.25. The van der Waals surface area contributed by atoms with Gasteiger partial charge in [-0.25, -0.2) is 8.78 Å². The summed E-state index contributed by atoms with van der Waals surface area (Å²) in [5.41, 5.74) is 1.87. The Morgan fingerprint density at radius 1 is 1.10 bits per heavy atom. The minimum absolute atomic E-state index is 0.0453. The summed E-state index contributed by atoms with van der Waals surface area (Å²) in [4.78, 5) is 11.7. The number of rotatable bonds is 3. The van der Waals surface area contributed by atoms with Gasteiger partial charge < -0.3 is 4.74 Å². The number of hydrogen-bond acceptors (Lipinski definition) is 2. The van der Waals surface area contributed by atoms with Crippen LogP contribution >= 0.6 is 0 Å². The van der Waals surface area contributed by atoms with Crippen LogP contribution in [0.15, 0.2) is 36.4 Å². The lowest BCUT2D eigenvalue weighted by atomic mass is 9.90. The zero-order valence-corrected chi connectivity index (χ0v) is 11.4. The molecule has 0 atom stereocenters. The molecule has 4 heteroatoms. The van der Waals surface area contributed by atoms with E-state index in [9.17, 15) is 13.6 Å². The Balaban J connectivity index is 1.77. The minimum atomic E-state index is -0.884. The van der Waals surface area contributed by atoms with Crippen LogP contribution in [0.4, 0.5) is 8.78 Å². The molecule has 0 saturated carbocycles. The summed E-state index contributed by atoms with van der Waals surface area (Å²) in [6.45, 7) is -0.0453. The molecule has 2 aromatic rings. The SMILES string of the molecule is O=C1CCCc2cc(OCc3cccc(F)c3F)ccc21. The zero-order chi connectivity index (χ0) is 14.8. The highest BCUT2D eigenvalue weighted by Gasteiger charge is 2.17. The number of ketones is 1. The van der Waals surface area contributed by atoms with E-state index in [1.807, 2.05) is 6.07 Å². The highest BCUT2D eigenvalue weighted by Crippen LogP contribution is 2.26. The van der Waals surface area contributed by atoms with Gasteiger partial charge in [-0.3, -0.25) is 4.79 Å². The molecule has 2 aromatic carbocycles. The average molecular weight is 288 g/mol. The summed E-state index contributed by atoms with van der Waals surface area (Å²) in [5.74, 6) is -1.05. The maximum Gasteiger partial charge on any atom is 0.165 e. The van der Waals surface area contributed by atoms with Crippen molar-refractivity contribution in [2.24, 2.45) is 0 Å². The number of halogens is 2. The predicted octanol–water partition coefficient (Wildman–Crippen LogP) is 4.06. The van der Waals surface area contributed by atoms with E-state index in [0.29, 0.717) is 12.2 Å². The topological polar surface area (TPSA) is 26.3 Å². The molecule has 0 saturated heterocycles. The highest BCUT2D eigenvalue weighted by atomic mass is 19.2. The number of aryl methyl sites for hydroxylation is 1. The largest absolute Gasteiger partial charge is 0.489 e. The summed E-state index contributed by atoms with van der Waals surface area (Å²) in [5, 5.41) is 0. The lowest BCUT2D eigenvalue weighted by Crippen LogP contribution is -2.10. The number of Topliss-reactive ketones (excluding diaryl/α,β-unsaturated/α-hetero) is 1. The van der Waals surface area contributed by atoms with Gasteiger partial charge >= 0.3 is 0 Å². The lowest BCUT2D eigenvalue weighted by molar-refractivity contribution is 0.0972. The first-order valence-electron chi connectivity index (χ1n) is 6.87. The number of ether oxygens (including phenoxy) is 1. The van der Waals surface area contributed by atoms with Crippen molar-refractivity contribution in [3.63, 3.8) is 0 Å². The summed E-state index contributed by atoms with van der Waals surface area (Å²) < 4.78 is 32.1. The molecule has 1 aliphatic carbocycles. The fourth-order valence-corrected chi connectivity index (χ4v) is 2.53. The first-order chi connectivity index (χ1) is 10.1. The number of carbonyl (C=O) groups is 1. The van der Waals surface area contributed by atoms with Crippen molar-refractivity contribution >= 4 is 5.78 Å². The molecular formula is C17H14F2O2. The Kier molecular flexibility index (Phi) is 3.69. The average Bonchev–Trinajstić information content (AvgIpc) is 2.49. The Hall–Kier alpha value is -2.23.